The van der Waals surface area contributed by atoms with Crippen molar-refractivity contribution in [3.8, 4) is 0 Å². The molecule has 1 saturated heterocycles. The van der Waals surface area contributed by atoms with E-state index in [-0.39, 0.29) is 5.75 Å². The van der Waals surface area contributed by atoms with Gasteiger partial charge in [-0.15, -0.1) is 0 Å². The third-order valence-electron chi connectivity index (χ3n) is 5.83. The van der Waals surface area contributed by atoms with E-state index < -0.39 is 21.5 Å². The first-order valence-corrected chi connectivity index (χ1v) is 12.2. The number of ether oxygens (including phenoxy) is 1. The number of likely N-dealkylation sites (tertiary alicyclic amines) is 1. The molecule has 1 aromatic carbocycles. The lowest BCUT2D eigenvalue weighted by molar-refractivity contribution is -0.131. The molecule has 2 aliphatic rings. The smallest absolute Gasteiger partial charge is 0.149 e. The van der Waals surface area contributed by atoms with Crippen LogP contribution in [0.4, 0.5) is 0 Å². The summed E-state index contributed by atoms with van der Waals surface area (Å²) >= 11 is 6.22. The molecule has 1 spiro atoms. The highest BCUT2D eigenvalue weighted by molar-refractivity contribution is 7.90. The topological polar surface area (TPSA) is 84.7 Å². The van der Waals surface area contributed by atoms with Crippen LogP contribution >= 0.6 is 11.6 Å². The Morgan fingerprint density at radius 2 is 2.10 bits per heavy atom. The quantitative estimate of drug-likeness (QED) is 0.768. The van der Waals surface area contributed by atoms with Crippen molar-refractivity contribution in [3.05, 3.63) is 52.3 Å². The molecule has 0 radical (unpaired) electrons. The van der Waals surface area contributed by atoms with Crippen molar-refractivity contribution in [2.24, 2.45) is 0 Å². The molecule has 1 fully saturated rings. The fourth-order valence-corrected chi connectivity index (χ4v) is 4.92. The van der Waals surface area contributed by atoms with E-state index in [9.17, 15) is 13.5 Å². The summed E-state index contributed by atoms with van der Waals surface area (Å²) in [6.45, 7) is 3.16. The van der Waals surface area contributed by atoms with E-state index in [4.69, 9.17) is 16.3 Å². The van der Waals surface area contributed by atoms with E-state index >= 15 is 0 Å². The van der Waals surface area contributed by atoms with Crippen molar-refractivity contribution in [1.29, 1.82) is 0 Å². The number of aliphatic hydroxyl groups excluding tert-OH is 1. The Labute approximate surface area is 176 Å². The van der Waals surface area contributed by atoms with Gasteiger partial charge in [0.2, 0.25) is 0 Å². The number of rotatable bonds is 5. The summed E-state index contributed by atoms with van der Waals surface area (Å²) in [6.07, 6.45) is 6.00. The second-order valence-electron chi connectivity index (χ2n) is 8.07. The highest BCUT2D eigenvalue weighted by Crippen LogP contribution is 2.45. The largest absolute Gasteiger partial charge is 0.386 e. The van der Waals surface area contributed by atoms with E-state index in [2.05, 4.69) is 10.00 Å². The number of aryl methyl sites for hydroxylation is 1. The van der Waals surface area contributed by atoms with Crippen molar-refractivity contribution in [2.45, 2.75) is 37.6 Å². The first kappa shape index (κ1) is 20.8. The molecule has 1 unspecified atom stereocenters. The predicted molar refractivity (Wildman–Crippen MR) is 110 cm³/mol. The Balaban J connectivity index is 1.40. The maximum Gasteiger partial charge on any atom is 0.149 e. The van der Waals surface area contributed by atoms with Gasteiger partial charge in [-0.3, -0.25) is 9.58 Å². The van der Waals surface area contributed by atoms with E-state index in [1.54, 1.807) is 10.9 Å². The van der Waals surface area contributed by atoms with E-state index in [0.717, 1.165) is 49.2 Å². The molecular formula is C20H26ClN3O4S. The molecule has 3 heterocycles. The van der Waals surface area contributed by atoms with Gasteiger partial charge in [0, 0.05) is 42.7 Å². The van der Waals surface area contributed by atoms with Crippen LogP contribution in [0.1, 0.15) is 35.6 Å². The second-order valence-corrected chi connectivity index (χ2v) is 10.8. The van der Waals surface area contributed by atoms with Crippen LogP contribution in [0.25, 0.3) is 0 Å². The molecule has 158 valence electrons. The molecule has 1 aromatic heterocycles. The van der Waals surface area contributed by atoms with Gasteiger partial charge < -0.3 is 9.84 Å². The van der Waals surface area contributed by atoms with Gasteiger partial charge in [-0.2, -0.15) is 5.10 Å². The number of hydrogen-bond donors (Lipinski definition) is 1. The van der Waals surface area contributed by atoms with Crippen molar-refractivity contribution in [2.75, 3.05) is 31.7 Å². The molecule has 7 nitrogen and oxygen atoms in total. The Morgan fingerprint density at radius 3 is 2.83 bits per heavy atom. The number of aromatic nitrogens is 2. The van der Waals surface area contributed by atoms with E-state index in [1.807, 2.05) is 24.4 Å². The molecule has 0 saturated carbocycles. The van der Waals surface area contributed by atoms with Crippen LogP contribution in [0, 0.1) is 0 Å². The van der Waals surface area contributed by atoms with Gasteiger partial charge in [-0.1, -0.05) is 17.7 Å². The summed E-state index contributed by atoms with van der Waals surface area (Å²) in [5.41, 5.74) is 2.60. The number of fused-ring (bicyclic) bond motifs is 2. The second kappa shape index (κ2) is 8.00. The summed E-state index contributed by atoms with van der Waals surface area (Å²) in [7, 11) is -3.00. The number of benzene rings is 1. The third kappa shape index (κ3) is 4.67. The first-order chi connectivity index (χ1) is 13.7. The number of hydrogen-bond acceptors (Lipinski definition) is 6. The minimum absolute atomic E-state index is 0.0888. The van der Waals surface area contributed by atoms with Crippen LogP contribution in [0.3, 0.4) is 0 Å². The summed E-state index contributed by atoms with van der Waals surface area (Å²) in [6, 6.07) is 5.66. The summed E-state index contributed by atoms with van der Waals surface area (Å²) in [5, 5.41) is 15.2. The van der Waals surface area contributed by atoms with Gasteiger partial charge in [0.15, 0.2) is 0 Å². The number of piperidine rings is 1. The molecule has 4 rings (SSSR count). The highest BCUT2D eigenvalue weighted by Gasteiger charge is 2.43. The monoisotopic (exact) mass is 439 g/mol. The molecule has 0 aliphatic carbocycles. The Hall–Kier alpha value is -1.45. The number of aliphatic hydroxyl groups is 1. The summed E-state index contributed by atoms with van der Waals surface area (Å²) < 4.78 is 30.5. The van der Waals surface area contributed by atoms with Crippen LogP contribution in [0.2, 0.25) is 5.02 Å². The molecule has 2 aromatic rings. The standard InChI is InChI=1S/C20H26ClN3O4S/c1-29(26,27)9-8-24-13-15(11-22-24)12-23-6-4-20(5-7-23)18-10-16(21)2-3-17(18)19(25)14-28-20/h2-3,10-11,13,19,25H,4-9,12,14H2,1H3. The van der Waals surface area contributed by atoms with Gasteiger partial charge in [0.25, 0.3) is 0 Å². The van der Waals surface area contributed by atoms with Crippen LogP contribution in [0.15, 0.2) is 30.6 Å². The zero-order valence-electron chi connectivity index (χ0n) is 16.4. The SMILES string of the molecule is CS(=O)(=O)CCn1cc(CN2CCC3(CC2)OCC(O)c2ccc(Cl)cc23)cn1. The highest BCUT2D eigenvalue weighted by atomic mass is 35.5. The summed E-state index contributed by atoms with van der Waals surface area (Å²) in [5.74, 6) is 0.0888. The van der Waals surface area contributed by atoms with Gasteiger partial charge in [0.05, 0.1) is 30.7 Å². The minimum atomic E-state index is -3.00. The fourth-order valence-electron chi connectivity index (χ4n) is 4.23. The first-order valence-electron chi connectivity index (χ1n) is 9.77. The van der Waals surface area contributed by atoms with Crippen molar-refractivity contribution < 1.29 is 18.3 Å². The molecule has 0 bridgehead atoms. The minimum Gasteiger partial charge on any atom is -0.386 e. The lowest BCUT2D eigenvalue weighted by Gasteiger charge is -2.46. The molecule has 2 aliphatic heterocycles. The summed E-state index contributed by atoms with van der Waals surface area (Å²) in [4.78, 5) is 2.35. The van der Waals surface area contributed by atoms with Gasteiger partial charge in [0.1, 0.15) is 15.9 Å². The van der Waals surface area contributed by atoms with Crippen molar-refractivity contribution in [1.82, 2.24) is 14.7 Å². The Morgan fingerprint density at radius 1 is 1.34 bits per heavy atom. The zero-order valence-corrected chi connectivity index (χ0v) is 18.0. The predicted octanol–water partition coefficient (Wildman–Crippen LogP) is 2.14. The Kier molecular flexibility index (Phi) is 5.74. The van der Waals surface area contributed by atoms with Crippen molar-refractivity contribution >= 4 is 21.4 Å². The molecule has 1 N–H and O–H groups in total. The van der Waals surface area contributed by atoms with Crippen LogP contribution in [-0.2, 0) is 33.3 Å². The van der Waals surface area contributed by atoms with Gasteiger partial charge >= 0.3 is 0 Å². The molecular weight excluding hydrogens is 414 g/mol. The van der Waals surface area contributed by atoms with Crippen LogP contribution < -0.4 is 0 Å². The average molecular weight is 440 g/mol. The average Bonchev–Trinajstić information content (AvgIpc) is 3.12. The number of sulfone groups is 1. The third-order valence-corrected chi connectivity index (χ3v) is 6.99. The van der Waals surface area contributed by atoms with Crippen molar-refractivity contribution in [3.63, 3.8) is 0 Å². The zero-order chi connectivity index (χ0) is 20.6. The normalized spacial score (nSPS) is 22.0. The Bertz CT molecular complexity index is 983. The molecule has 9 heteroatoms. The molecule has 29 heavy (non-hydrogen) atoms. The van der Waals surface area contributed by atoms with E-state index in [0.29, 0.717) is 18.2 Å². The fraction of sp³-hybridized carbons (Fsp3) is 0.550. The van der Waals surface area contributed by atoms with E-state index in [1.165, 1.54) is 6.26 Å². The lowest BCUT2D eigenvalue weighted by Crippen LogP contribution is -2.47. The number of nitrogens with zero attached hydrogens (tertiary/aromatic N) is 3. The maximum absolute atomic E-state index is 11.3. The van der Waals surface area contributed by atoms with Crippen LogP contribution in [-0.4, -0.2) is 59.9 Å². The lowest BCUT2D eigenvalue weighted by atomic mass is 9.78. The maximum atomic E-state index is 11.3. The van der Waals surface area contributed by atoms with Gasteiger partial charge in [-0.25, -0.2) is 8.42 Å². The molecule has 1 atom stereocenters. The van der Waals surface area contributed by atoms with Crippen LogP contribution in [0.5, 0.6) is 0 Å². The van der Waals surface area contributed by atoms with Gasteiger partial charge in [-0.05, 0) is 36.1 Å². The number of halogens is 1. The molecule has 0 amide bonds.